The Kier molecular flexibility index (Phi) is 4.25. The minimum atomic E-state index is -0.951. The fraction of sp³-hybridized carbons (Fsp3) is 0.750. The molecule has 17 heavy (non-hydrogen) atoms. The molecule has 0 saturated carbocycles. The van der Waals surface area contributed by atoms with Crippen molar-refractivity contribution in [3.05, 3.63) is 0 Å². The number of hydrogen-bond donors (Lipinski definition) is 1. The molecule has 0 radical (unpaired) electrons. The van der Waals surface area contributed by atoms with E-state index in [1.807, 2.05) is 13.8 Å². The standard InChI is InChI=1S/C12H20N2O2S/c1-5-7-8(3)12(6-2)9(15)13-11(17)14(4)10(12)16/h8H,5-7H2,1-4H3,(H,13,15,17)/t8-,12+/m0/s1. The summed E-state index contributed by atoms with van der Waals surface area (Å²) in [5.74, 6) is -0.390. The van der Waals surface area contributed by atoms with Crippen LogP contribution in [-0.2, 0) is 9.59 Å². The normalized spacial score (nSPS) is 27.1. The lowest BCUT2D eigenvalue weighted by Crippen LogP contribution is -2.64. The molecule has 1 N–H and O–H groups in total. The summed E-state index contributed by atoms with van der Waals surface area (Å²) in [5.41, 5.74) is -0.951. The van der Waals surface area contributed by atoms with Gasteiger partial charge in [0.2, 0.25) is 11.8 Å². The van der Waals surface area contributed by atoms with E-state index in [1.165, 1.54) is 4.90 Å². The number of carbonyl (C=O) groups is 2. The highest BCUT2D eigenvalue weighted by Gasteiger charge is 2.53. The maximum atomic E-state index is 12.4. The molecular formula is C12H20N2O2S. The highest BCUT2D eigenvalue weighted by molar-refractivity contribution is 7.80. The highest BCUT2D eigenvalue weighted by atomic mass is 32.1. The van der Waals surface area contributed by atoms with Gasteiger partial charge in [0.1, 0.15) is 5.41 Å². The lowest BCUT2D eigenvalue weighted by atomic mass is 9.69. The summed E-state index contributed by atoms with van der Waals surface area (Å²) in [6.07, 6.45) is 2.32. The van der Waals surface area contributed by atoms with Gasteiger partial charge in [-0.05, 0) is 31.0 Å². The number of rotatable bonds is 4. The molecule has 2 atom stereocenters. The summed E-state index contributed by atoms with van der Waals surface area (Å²) in [4.78, 5) is 26.0. The van der Waals surface area contributed by atoms with E-state index in [1.54, 1.807) is 7.05 Å². The van der Waals surface area contributed by atoms with Gasteiger partial charge in [-0.25, -0.2) is 0 Å². The number of nitrogens with zero attached hydrogens (tertiary/aromatic N) is 1. The maximum absolute atomic E-state index is 12.4. The average Bonchev–Trinajstić information content (AvgIpc) is 2.28. The van der Waals surface area contributed by atoms with Crippen molar-refractivity contribution in [2.75, 3.05) is 7.05 Å². The number of hydrogen-bond acceptors (Lipinski definition) is 3. The van der Waals surface area contributed by atoms with Crippen LogP contribution in [0.15, 0.2) is 0 Å². The number of thiocarbonyl (C=S) groups is 1. The molecule has 1 fully saturated rings. The Hall–Kier alpha value is -0.970. The molecule has 4 nitrogen and oxygen atoms in total. The van der Waals surface area contributed by atoms with Gasteiger partial charge in [0.15, 0.2) is 5.11 Å². The van der Waals surface area contributed by atoms with E-state index in [2.05, 4.69) is 12.2 Å². The molecule has 1 saturated heterocycles. The summed E-state index contributed by atoms with van der Waals surface area (Å²) in [6.45, 7) is 5.90. The molecule has 0 spiro atoms. The van der Waals surface area contributed by atoms with E-state index < -0.39 is 5.41 Å². The molecule has 0 bridgehead atoms. The average molecular weight is 256 g/mol. The van der Waals surface area contributed by atoms with Crippen LogP contribution in [0.1, 0.15) is 40.0 Å². The minimum absolute atomic E-state index is 0.0237. The molecule has 96 valence electrons. The second kappa shape index (κ2) is 5.12. The van der Waals surface area contributed by atoms with Gasteiger partial charge >= 0.3 is 0 Å². The molecule has 1 rings (SSSR count). The van der Waals surface area contributed by atoms with Crippen molar-refractivity contribution in [2.24, 2.45) is 11.3 Å². The van der Waals surface area contributed by atoms with Crippen LogP contribution in [0.5, 0.6) is 0 Å². The molecule has 0 aliphatic carbocycles. The van der Waals surface area contributed by atoms with Crippen molar-refractivity contribution < 1.29 is 9.59 Å². The molecule has 1 aliphatic rings. The van der Waals surface area contributed by atoms with Crippen molar-refractivity contribution in [3.8, 4) is 0 Å². The quantitative estimate of drug-likeness (QED) is 0.615. The van der Waals surface area contributed by atoms with Crippen molar-refractivity contribution in [2.45, 2.75) is 40.0 Å². The van der Waals surface area contributed by atoms with E-state index in [0.29, 0.717) is 6.42 Å². The molecule has 0 aromatic heterocycles. The largest absolute Gasteiger partial charge is 0.302 e. The third-order valence-corrected chi connectivity index (χ3v) is 4.11. The molecule has 0 aromatic rings. The Morgan fingerprint density at radius 1 is 1.41 bits per heavy atom. The Morgan fingerprint density at radius 3 is 2.47 bits per heavy atom. The first-order chi connectivity index (χ1) is 7.91. The second-order valence-corrected chi connectivity index (χ2v) is 5.02. The lowest BCUT2D eigenvalue weighted by molar-refractivity contribution is -0.153. The zero-order valence-corrected chi connectivity index (χ0v) is 11.7. The maximum Gasteiger partial charge on any atom is 0.244 e. The predicted octanol–water partition coefficient (Wildman–Crippen LogP) is 1.69. The van der Waals surface area contributed by atoms with Gasteiger partial charge in [-0.15, -0.1) is 0 Å². The summed E-state index contributed by atoms with van der Waals surface area (Å²) < 4.78 is 0. The first-order valence-electron chi connectivity index (χ1n) is 6.05. The van der Waals surface area contributed by atoms with Crippen LogP contribution in [-0.4, -0.2) is 28.9 Å². The number of carbonyl (C=O) groups excluding carboxylic acids is 2. The van der Waals surface area contributed by atoms with Crippen molar-refractivity contribution in [3.63, 3.8) is 0 Å². The van der Waals surface area contributed by atoms with Gasteiger partial charge in [-0.2, -0.15) is 0 Å². The van der Waals surface area contributed by atoms with E-state index in [0.717, 1.165) is 12.8 Å². The zero-order chi connectivity index (χ0) is 13.2. The summed E-state index contributed by atoms with van der Waals surface area (Å²) in [5, 5.41) is 2.84. The van der Waals surface area contributed by atoms with Crippen LogP contribution >= 0.6 is 12.2 Å². The van der Waals surface area contributed by atoms with Crippen LogP contribution < -0.4 is 5.32 Å². The minimum Gasteiger partial charge on any atom is -0.302 e. The van der Waals surface area contributed by atoms with Crippen LogP contribution in [0.3, 0.4) is 0 Å². The van der Waals surface area contributed by atoms with Gasteiger partial charge in [0, 0.05) is 7.05 Å². The predicted molar refractivity (Wildman–Crippen MR) is 70.3 cm³/mol. The highest BCUT2D eigenvalue weighted by Crippen LogP contribution is 2.38. The molecule has 1 aliphatic heterocycles. The van der Waals surface area contributed by atoms with Gasteiger partial charge in [-0.1, -0.05) is 27.2 Å². The first-order valence-corrected chi connectivity index (χ1v) is 6.46. The molecular weight excluding hydrogens is 236 g/mol. The third-order valence-electron chi connectivity index (χ3n) is 3.74. The topological polar surface area (TPSA) is 49.4 Å². The molecule has 5 heteroatoms. The fourth-order valence-corrected chi connectivity index (χ4v) is 2.73. The smallest absolute Gasteiger partial charge is 0.244 e. The van der Waals surface area contributed by atoms with E-state index in [9.17, 15) is 9.59 Å². The van der Waals surface area contributed by atoms with Gasteiger partial charge < -0.3 is 5.32 Å². The SMILES string of the molecule is CCC[C@H](C)[C@]1(CC)C(=O)NC(=S)N(C)C1=O. The van der Waals surface area contributed by atoms with Crippen LogP contribution in [0.25, 0.3) is 0 Å². The van der Waals surface area contributed by atoms with Crippen LogP contribution in [0.4, 0.5) is 0 Å². The summed E-state index contributed by atoms with van der Waals surface area (Å²) in [7, 11) is 1.62. The Labute approximate surface area is 108 Å². The molecule has 2 amide bonds. The Morgan fingerprint density at radius 2 is 2.00 bits per heavy atom. The van der Waals surface area contributed by atoms with Crippen molar-refractivity contribution in [1.82, 2.24) is 10.2 Å². The summed E-state index contributed by atoms with van der Waals surface area (Å²) >= 11 is 4.96. The molecule has 1 heterocycles. The fourth-order valence-electron chi connectivity index (χ4n) is 2.56. The second-order valence-electron chi connectivity index (χ2n) is 4.64. The number of amides is 2. The lowest BCUT2D eigenvalue weighted by Gasteiger charge is -2.42. The van der Waals surface area contributed by atoms with Crippen LogP contribution in [0, 0.1) is 11.3 Å². The van der Waals surface area contributed by atoms with Crippen LogP contribution in [0.2, 0.25) is 0 Å². The first kappa shape index (κ1) is 14.1. The monoisotopic (exact) mass is 256 g/mol. The van der Waals surface area contributed by atoms with Gasteiger partial charge in [0.25, 0.3) is 0 Å². The summed E-state index contributed by atoms with van der Waals surface area (Å²) in [6, 6.07) is 0. The van der Waals surface area contributed by atoms with Crippen molar-refractivity contribution >= 4 is 29.1 Å². The Balaban J connectivity index is 3.15. The van der Waals surface area contributed by atoms with E-state index in [-0.39, 0.29) is 22.8 Å². The molecule has 0 unspecified atom stereocenters. The van der Waals surface area contributed by atoms with E-state index >= 15 is 0 Å². The van der Waals surface area contributed by atoms with Gasteiger partial charge in [0.05, 0.1) is 0 Å². The third kappa shape index (κ3) is 2.08. The zero-order valence-electron chi connectivity index (χ0n) is 10.9. The Bertz CT molecular complexity index is 356. The van der Waals surface area contributed by atoms with Gasteiger partial charge in [-0.3, -0.25) is 14.5 Å². The van der Waals surface area contributed by atoms with E-state index in [4.69, 9.17) is 12.2 Å². The molecule has 0 aromatic carbocycles. The van der Waals surface area contributed by atoms with Crippen molar-refractivity contribution in [1.29, 1.82) is 0 Å². The number of nitrogens with one attached hydrogen (secondary N) is 1.